The van der Waals surface area contributed by atoms with Crippen LogP contribution in [0.1, 0.15) is 30.5 Å². The topological polar surface area (TPSA) is 54.4 Å². The molecule has 0 heterocycles. The van der Waals surface area contributed by atoms with Crippen molar-refractivity contribution >= 4 is 20.9 Å². The van der Waals surface area contributed by atoms with Gasteiger partial charge in [0, 0.05) is 0 Å². The average Bonchev–Trinajstić information content (AvgIpc) is 2.36. The first-order chi connectivity index (χ1) is 8.88. The van der Waals surface area contributed by atoms with Crippen LogP contribution in [0.5, 0.6) is 0 Å². The summed E-state index contributed by atoms with van der Waals surface area (Å²) in [5.41, 5.74) is 2.77. The molecule has 0 unspecified atom stereocenters. The summed E-state index contributed by atoms with van der Waals surface area (Å²) in [6.45, 7) is 5.79. The lowest BCUT2D eigenvalue weighted by Gasteiger charge is -2.13. The molecule has 0 radical (unpaired) electrons. The lowest BCUT2D eigenvalue weighted by Crippen LogP contribution is -2.04. The fourth-order valence-electron chi connectivity index (χ4n) is 2.55. The number of hydrogen-bond acceptors (Lipinski definition) is 2. The number of benzene rings is 2. The molecule has 0 aliphatic heterocycles. The molecule has 19 heavy (non-hydrogen) atoms. The van der Waals surface area contributed by atoms with E-state index in [2.05, 4.69) is 13.0 Å². The van der Waals surface area contributed by atoms with Crippen molar-refractivity contribution in [1.29, 1.82) is 0 Å². The fourth-order valence-corrected chi connectivity index (χ4v) is 3.34. The van der Waals surface area contributed by atoms with Gasteiger partial charge in [0.15, 0.2) is 0 Å². The molecule has 0 saturated heterocycles. The van der Waals surface area contributed by atoms with Gasteiger partial charge in [-0.2, -0.15) is 8.42 Å². The lowest BCUT2D eigenvalue weighted by atomic mass is 9.96. The second-order valence-corrected chi connectivity index (χ2v) is 6.11. The summed E-state index contributed by atoms with van der Waals surface area (Å²) in [5, 5.41) is 1.93. The third-order valence-electron chi connectivity index (χ3n) is 3.59. The van der Waals surface area contributed by atoms with Crippen molar-refractivity contribution in [2.24, 2.45) is 0 Å². The monoisotopic (exact) mass is 278 g/mol. The van der Waals surface area contributed by atoms with E-state index in [0.29, 0.717) is 5.56 Å². The third-order valence-corrected chi connectivity index (χ3v) is 4.57. The van der Waals surface area contributed by atoms with E-state index in [1.165, 1.54) is 0 Å². The molecule has 0 saturated carbocycles. The average molecular weight is 278 g/mol. The van der Waals surface area contributed by atoms with Crippen LogP contribution in [0.2, 0.25) is 0 Å². The van der Waals surface area contributed by atoms with Crippen LogP contribution >= 0.6 is 0 Å². The summed E-state index contributed by atoms with van der Waals surface area (Å²) in [6.07, 6.45) is 1.63. The van der Waals surface area contributed by atoms with Crippen LogP contribution < -0.4 is 0 Å². The Hall–Kier alpha value is -1.39. The molecule has 0 spiro atoms. The molecule has 0 aliphatic carbocycles. The molecule has 2 aromatic rings. The molecule has 0 fully saturated rings. The van der Waals surface area contributed by atoms with Gasteiger partial charge in [-0.05, 0) is 53.3 Å². The number of rotatable bonds is 3. The smallest absolute Gasteiger partial charge is 0.282 e. The highest BCUT2D eigenvalue weighted by atomic mass is 32.2. The van der Waals surface area contributed by atoms with Crippen molar-refractivity contribution in [2.45, 2.75) is 38.5 Å². The van der Waals surface area contributed by atoms with Crippen LogP contribution in [0.15, 0.2) is 29.2 Å². The number of hydrogen-bond donors (Lipinski definition) is 1. The Morgan fingerprint density at radius 2 is 1.79 bits per heavy atom. The highest BCUT2D eigenvalue weighted by molar-refractivity contribution is 7.85. The molecule has 2 rings (SSSR count). The van der Waals surface area contributed by atoms with E-state index in [0.717, 1.165) is 34.7 Å². The summed E-state index contributed by atoms with van der Waals surface area (Å²) < 4.78 is 32.3. The molecular weight excluding hydrogens is 260 g/mol. The van der Waals surface area contributed by atoms with Gasteiger partial charge in [-0.25, -0.2) is 0 Å². The fraction of sp³-hybridized carbons (Fsp3) is 0.333. The van der Waals surface area contributed by atoms with E-state index < -0.39 is 10.1 Å². The molecule has 3 nitrogen and oxygen atoms in total. The van der Waals surface area contributed by atoms with E-state index in [-0.39, 0.29) is 4.90 Å². The minimum Gasteiger partial charge on any atom is -0.282 e. The van der Waals surface area contributed by atoms with Gasteiger partial charge in [0.1, 0.15) is 0 Å². The molecule has 0 amide bonds. The SMILES string of the molecule is CCc1ccc2c(CC)c(C)c(S(=O)(=O)O)cc2c1. The van der Waals surface area contributed by atoms with Crippen LogP contribution in [-0.4, -0.2) is 13.0 Å². The predicted octanol–water partition coefficient (Wildman–Crippen LogP) is 3.52. The van der Waals surface area contributed by atoms with Gasteiger partial charge in [0.2, 0.25) is 0 Å². The first-order valence-electron chi connectivity index (χ1n) is 6.41. The normalized spacial score (nSPS) is 12.0. The Labute approximate surface area is 114 Å². The van der Waals surface area contributed by atoms with Gasteiger partial charge in [-0.3, -0.25) is 4.55 Å². The molecule has 0 aliphatic rings. The zero-order chi connectivity index (χ0) is 14.2. The van der Waals surface area contributed by atoms with Gasteiger partial charge in [-0.15, -0.1) is 0 Å². The van der Waals surface area contributed by atoms with Crippen molar-refractivity contribution in [1.82, 2.24) is 0 Å². The zero-order valence-corrected chi connectivity index (χ0v) is 12.2. The molecule has 1 N–H and O–H groups in total. The van der Waals surface area contributed by atoms with Gasteiger partial charge in [0.05, 0.1) is 4.90 Å². The third kappa shape index (κ3) is 2.51. The first kappa shape index (κ1) is 14.0. The van der Waals surface area contributed by atoms with Gasteiger partial charge < -0.3 is 0 Å². The maximum atomic E-state index is 11.5. The van der Waals surface area contributed by atoms with E-state index in [4.69, 9.17) is 0 Å². The van der Waals surface area contributed by atoms with Crippen LogP contribution in [0, 0.1) is 6.92 Å². The summed E-state index contributed by atoms with van der Waals surface area (Å²) in [7, 11) is -4.18. The van der Waals surface area contributed by atoms with Crippen LogP contribution in [0.4, 0.5) is 0 Å². The summed E-state index contributed by atoms with van der Waals surface area (Å²) in [4.78, 5) is 0.0186. The molecule has 0 bridgehead atoms. The minimum absolute atomic E-state index is 0.0186. The first-order valence-corrected chi connectivity index (χ1v) is 7.85. The summed E-state index contributed by atoms with van der Waals surface area (Å²) in [5.74, 6) is 0. The molecule has 102 valence electrons. The van der Waals surface area contributed by atoms with Crippen LogP contribution in [0.25, 0.3) is 10.8 Å². The van der Waals surface area contributed by atoms with E-state index >= 15 is 0 Å². The Balaban J connectivity index is 2.90. The van der Waals surface area contributed by atoms with E-state index in [1.54, 1.807) is 13.0 Å². The highest BCUT2D eigenvalue weighted by Crippen LogP contribution is 2.29. The number of fused-ring (bicyclic) bond motifs is 1. The van der Waals surface area contributed by atoms with Gasteiger partial charge in [0.25, 0.3) is 10.1 Å². The zero-order valence-electron chi connectivity index (χ0n) is 11.4. The minimum atomic E-state index is -4.18. The second-order valence-electron chi connectivity index (χ2n) is 4.72. The summed E-state index contributed by atoms with van der Waals surface area (Å²) >= 11 is 0. The second kappa shape index (κ2) is 4.94. The van der Waals surface area contributed by atoms with Crippen molar-refractivity contribution in [2.75, 3.05) is 0 Å². The van der Waals surface area contributed by atoms with Crippen molar-refractivity contribution in [3.63, 3.8) is 0 Å². The Morgan fingerprint density at radius 3 is 2.32 bits per heavy atom. The lowest BCUT2D eigenvalue weighted by molar-refractivity contribution is 0.482. The van der Waals surface area contributed by atoms with Crippen LogP contribution in [-0.2, 0) is 23.0 Å². The largest absolute Gasteiger partial charge is 0.294 e. The van der Waals surface area contributed by atoms with Crippen molar-refractivity contribution in [3.05, 3.63) is 41.0 Å². The standard InChI is InChI=1S/C15H18O3S/c1-4-11-6-7-14-12(8-11)9-15(19(16,17)18)10(3)13(14)5-2/h6-9H,4-5H2,1-3H3,(H,16,17,18). The van der Waals surface area contributed by atoms with Gasteiger partial charge >= 0.3 is 0 Å². The molecule has 4 heteroatoms. The maximum Gasteiger partial charge on any atom is 0.294 e. The molecular formula is C15H18O3S. The number of aryl methyl sites for hydroxylation is 2. The maximum absolute atomic E-state index is 11.5. The van der Waals surface area contributed by atoms with Crippen molar-refractivity contribution in [3.8, 4) is 0 Å². The van der Waals surface area contributed by atoms with Gasteiger partial charge in [-0.1, -0.05) is 32.0 Å². The molecule has 0 aromatic heterocycles. The Kier molecular flexibility index (Phi) is 3.65. The van der Waals surface area contributed by atoms with E-state index in [9.17, 15) is 13.0 Å². The summed E-state index contributed by atoms with van der Waals surface area (Å²) in [6, 6.07) is 7.66. The Morgan fingerprint density at radius 1 is 1.11 bits per heavy atom. The highest BCUT2D eigenvalue weighted by Gasteiger charge is 2.17. The Bertz CT molecular complexity index is 731. The van der Waals surface area contributed by atoms with E-state index in [1.807, 2.05) is 19.1 Å². The van der Waals surface area contributed by atoms with Crippen molar-refractivity contribution < 1.29 is 13.0 Å². The van der Waals surface area contributed by atoms with Crippen LogP contribution in [0.3, 0.4) is 0 Å². The quantitative estimate of drug-likeness (QED) is 0.874. The molecule has 0 atom stereocenters. The predicted molar refractivity (Wildman–Crippen MR) is 77.3 cm³/mol. The molecule has 2 aromatic carbocycles.